The molecule has 2 aromatic carbocycles. The predicted molar refractivity (Wildman–Crippen MR) is 128 cm³/mol. The lowest BCUT2D eigenvalue weighted by molar-refractivity contribution is 0.102. The molecule has 2 N–H and O–H groups in total. The number of anilines is 1. The molecule has 0 radical (unpaired) electrons. The van der Waals surface area contributed by atoms with Gasteiger partial charge in [-0.15, -0.1) is 0 Å². The van der Waals surface area contributed by atoms with E-state index in [0.717, 1.165) is 6.42 Å². The molecule has 0 aliphatic carbocycles. The van der Waals surface area contributed by atoms with E-state index < -0.39 is 26.0 Å². The topological polar surface area (TPSA) is 113 Å². The van der Waals surface area contributed by atoms with E-state index in [1.165, 1.54) is 52.8 Å². The third kappa shape index (κ3) is 6.20. The number of nitrogens with one attached hydrogen (secondary N) is 2. The average molecular weight is 494 g/mol. The second-order valence-corrected chi connectivity index (χ2v) is 12.7. The Labute approximate surface area is 196 Å². The van der Waals surface area contributed by atoms with Gasteiger partial charge in [-0.25, -0.2) is 21.6 Å². The molecule has 180 valence electrons. The number of nitrogens with zero attached hydrogens (tertiary/aromatic N) is 1. The average Bonchev–Trinajstić information content (AvgIpc) is 2.72. The van der Waals surface area contributed by atoms with Crippen molar-refractivity contribution in [3.63, 3.8) is 0 Å². The standard InChI is InChI=1S/C23H31N3O5S2/c1-16(2)25-32(28,29)22-7-5-6-19(13-22)23(27)24-20-8-10-21(11-9-20)33(30,31)26-14-17(3)12-18(4)15-26/h5-11,13,16-18,25H,12,14-15H2,1-4H3,(H,24,27). The van der Waals surface area contributed by atoms with Crippen molar-refractivity contribution in [2.45, 2.75) is 49.9 Å². The van der Waals surface area contributed by atoms with Crippen molar-refractivity contribution in [2.75, 3.05) is 18.4 Å². The number of hydrogen-bond donors (Lipinski definition) is 2. The van der Waals surface area contributed by atoms with E-state index in [2.05, 4.69) is 23.9 Å². The zero-order chi connectivity index (χ0) is 24.4. The molecule has 1 aliphatic rings. The second kappa shape index (κ2) is 9.92. The summed E-state index contributed by atoms with van der Waals surface area (Å²) in [6.07, 6.45) is 1.01. The van der Waals surface area contributed by atoms with Crippen LogP contribution in [0.4, 0.5) is 5.69 Å². The molecule has 8 nitrogen and oxygen atoms in total. The first-order valence-corrected chi connectivity index (χ1v) is 13.8. The van der Waals surface area contributed by atoms with Gasteiger partial charge < -0.3 is 5.32 Å². The number of benzene rings is 2. The van der Waals surface area contributed by atoms with Gasteiger partial charge in [0, 0.05) is 30.4 Å². The molecule has 1 fully saturated rings. The number of rotatable bonds is 7. The highest BCUT2D eigenvalue weighted by atomic mass is 32.2. The largest absolute Gasteiger partial charge is 0.322 e. The fourth-order valence-corrected chi connectivity index (χ4v) is 7.02. The van der Waals surface area contributed by atoms with Crippen LogP contribution in [0.1, 0.15) is 44.5 Å². The molecular weight excluding hydrogens is 462 g/mol. The lowest BCUT2D eigenvalue weighted by Crippen LogP contribution is -2.42. The van der Waals surface area contributed by atoms with Crippen molar-refractivity contribution in [1.82, 2.24) is 9.03 Å². The van der Waals surface area contributed by atoms with Gasteiger partial charge in [0.15, 0.2) is 0 Å². The Hall–Kier alpha value is -2.27. The summed E-state index contributed by atoms with van der Waals surface area (Å²) in [5.41, 5.74) is 0.586. The Morgan fingerprint density at radius 3 is 2.12 bits per heavy atom. The summed E-state index contributed by atoms with van der Waals surface area (Å²) in [6, 6.07) is 11.5. The molecule has 33 heavy (non-hydrogen) atoms. The van der Waals surface area contributed by atoms with E-state index in [0.29, 0.717) is 30.6 Å². The van der Waals surface area contributed by atoms with Crippen LogP contribution in [0, 0.1) is 11.8 Å². The minimum atomic E-state index is -3.73. The highest BCUT2D eigenvalue weighted by Gasteiger charge is 2.31. The van der Waals surface area contributed by atoms with Crippen LogP contribution in [0.25, 0.3) is 0 Å². The number of hydrogen-bond acceptors (Lipinski definition) is 5. The van der Waals surface area contributed by atoms with Crippen molar-refractivity contribution in [3.8, 4) is 0 Å². The monoisotopic (exact) mass is 493 g/mol. The Morgan fingerprint density at radius 1 is 0.939 bits per heavy atom. The molecule has 2 aromatic rings. The SMILES string of the molecule is CC1CC(C)CN(S(=O)(=O)c2ccc(NC(=O)c3cccc(S(=O)(=O)NC(C)C)c3)cc2)C1. The second-order valence-electron chi connectivity index (χ2n) is 9.05. The molecule has 0 saturated carbocycles. The highest BCUT2D eigenvalue weighted by molar-refractivity contribution is 7.89. The van der Waals surface area contributed by atoms with E-state index in [1.807, 2.05) is 0 Å². The van der Waals surface area contributed by atoms with Crippen LogP contribution in [0.5, 0.6) is 0 Å². The van der Waals surface area contributed by atoms with Gasteiger partial charge in [-0.1, -0.05) is 19.9 Å². The Morgan fingerprint density at radius 2 is 1.55 bits per heavy atom. The van der Waals surface area contributed by atoms with E-state index in [1.54, 1.807) is 13.8 Å². The molecule has 2 atom stereocenters. The summed E-state index contributed by atoms with van der Waals surface area (Å²) < 4.78 is 54.8. The first-order valence-electron chi connectivity index (χ1n) is 10.9. The normalized spacial score (nSPS) is 20.0. The van der Waals surface area contributed by atoms with Crippen LogP contribution in [-0.2, 0) is 20.0 Å². The van der Waals surface area contributed by atoms with E-state index >= 15 is 0 Å². The lowest BCUT2D eigenvalue weighted by Gasteiger charge is -2.34. The molecule has 0 spiro atoms. The first-order chi connectivity index (χ1) is 15.4. The molecule has 1 aliphatic heterocycles. The van der Waals surface area contributed by atoms with Gasteiger partial charge in [-0.05, 0) is 74.6 Å². The van der Waals surface area contributed by atoms with Crippen molar-refractivity contribution >= 4 is 31.6 Å². The maximum atomic E-state index is 13.0. The van der Waals surface area contributed by atoms with Gasteiger partial charge in [0.05, 0.1) is 9.79 Å². The summed E-state index contributed by atoms with van der Waals surface area (Å²) >= 11 is 0. The number of piperidine rings is 1. The molecule has 10 heteroatoms. The minimum Gasteiger partial charge on any atom is -0.322 e. The minimum absolute atomic E-state index is 0.00437. The summed E-state index contributed by atoms with van der Waals surface area (Å²) in [4.78, 5) is 12.8. The third-order valence-electron chi connectivity index (χ3n) is 5.38. The van der Waals surface area contributed by atoms with Crippen LogP contribution in [0.15, 0.2) is 58.3 Å². The zero-order valence-corrected chi connectivity index (χ0v) is 20.9. The van der Waals surface area contributed by atoms with Crippen LogP contribution >= 0.6 is 0 Å². The van der Waals surface area contributed by atoms with Crippen molar-refractivity contribution < 1.29 is 21.6 Å². The summed E-state index contributed by atoms with van der Waals surface area (Å²) in [5.74, 6) is 0.112. The smallest absolute Gasteiger partial charge is 0.255 e. The maximum absolute atomic E-state index is 13.0. The van der Waals surface area contributed by atoms with Gasteiger partial charge >= 0.3 is 0 Å². The zero-order valence-electron chi connectivity index (χ0n) is 19.3. The highest BCUT2D eigenvalue weighted by Crippen LogP contribution is 2.27. The molecule has 2 unspecified atom stereocenters. The third-order valence-corrected chi connectivity index (χ3v) is 8.88. The quantitative estimate of drug-likeness (QED) is 0.615. The molecule has 1 saturated heterocycles. The van der Waals surface area contributed by atoms with Crippen LogP contribution < -0.4 is 10.0 Å². The Kier molecular flexibility index (Phi) is 7.62. The van der Waals surface area contributed by atoms with Crippen molar-refractivity contribution in [3.05, 3.63) is 54.1 Å². The van der Waals surface area contributed by atoms with Gasteiger partial charge in [0.1, 0.15) is 0 Å². The number of carbonyl (C=O) groups is 1. The van der Waals surface area contributed by atoms with Gasteiger partial charge in [0.2, 0.25) is 20.0 Å². The fourth-order valence-electron chi connectivity index (χ4n) is 4.05. The maximum Gasteiger partial charge on any atom is 0.255 e. The van der Waals surface area contributed by atoms with Gasteiger partial charge in [-0.2, -0.15) is 4.31 Å². The molecule has 3 rings (SSSR count). The Balaban J connectivity index is 1.74. The van der Waals surface area contributed by atoms with Gasteiger partial charge in [0.25, 0.3) is 5.91 Å². The molecular formula is C23H31N3O5S2. The first kappa shape index (κ1) is 25.4. The molecule has 1 heterocycles. The van der Waals surface area contributed by atoms with Crippen LogP contribution in [0.2, 0.25) is 0 Å². The number of sulfonamides is 2. The summed E-state index contributed by atoms with van der Waals surface area (Å²) in [5, 5.41) is 2.69. The van der Waals surface area contributed by atoms with E-state index in [-0.39, 0.29) is 21.4 Å². The molecule has 1 amide bonds. The lowest BCUT2D eigenvalue weighted by atomic mass is 9.94. The van der Waals surface area contributed by atoms with E-state index in [9.17, 15) is 21.6 Å². The fraction of sp³-hybridized carbons (Fsp3) is 0.435. The summed E-state index contributed by atoms with van der Waals surface area (Å²) in [7, 11) is -7.34. The van der Waals surface area contributed by atoms with E-state index in [4.69, 9.17) is 0 Å². The molecule has 0 bridgehead atoms. The molecule has 0 aromatic heterocycles. The number of carbonyl (C=O) groups excluding carboxylic acids is 1. The van der Waals surface area contributed by atoms with Crippen molar-refractivity contribution in [2.24, 2.45) is 11.8 Å². The number of amides is 1. The van der Waals surface area contributed by atoms with Crippen LogP contribution in [0.3, 0.4) is 0 Å². The van der Waals surface area contributed by atoms with Gasteiger partial charge in [-0.3, -0.25) is 4.79 Å². The summed E-state index contributed by atoms with van der Waals surface area (Å²) in [6.45, 7) is 8.52. The predicted octanol–water partition coefficient (Wildman–Crippen LogP) is 3.29. The van der Waals surface area contributed by atoms with Crippen LogP contribution in [-0.4, -0.2) is 46.2 Å². The Bertz CT molecular complexity index is 1200. The van der Waals surface area contributed by atoms with Crippen molar-refractivity contribution in [1.29, 1.82) is 0 Å².